The van der Waals surface area contributed by atoms with Gasteiger partial charge in [0.1, 0.15) is 11.7 Å². The van der Waals surface area contributed by atoms with Crippen LogP contribution in [0.15, 0.2) is 65.8 Å². The average Bonchev–Trinajstić information content (AvgIpc) is 3.79. The van der Waals surface area contributed by atoms with Gasteiger partial charge < -0.3 is 9.88 Å². The molecule has 0 radical (unpaired) electrons. The first-order valence-corrected chi connectivity index (χ1v) is 15.7. The highest BCUT2D eigenvalue weighted by Gasteiger charge is 2.29. The molecule has 0 unspecified atom stereocenters. The molecule has 0 bridgehead atoms. The summed E-state index contributed by atoms with van der Waals surface area (Å²) in [6.45, 7) is 8.93. The number of halogens is 1. The average molecular weight is 580 g/mol. The van der Waals surface area contributed by atoms with Crippen molar-refractivity contribution < 1.29 is 14.0 Å². The standard InChI is InChI=1S/C37H42FN3O2/c1-5-19-41-23-33(36(42)10-8-7-9-28-21-31(38)16-13-26(28)6-2)32-22-30(15-18-35(32)41)29-14-17-34(24(3)20-29)39-25(4)40-37(43)27-11-12-27/h13-18,20-23,27H,5-12,19H2,1-4H3,(H,39,40,43). The summed E-state index contributed by atoms with van der Waals surface area (Å²) in [5, 5.41) is 3.89. The molecular formula is C37H42FN3O2. The molecular weight excluding hydrogens is 537 g/mol. The molecule has 43 heavy (non-hydrogen) atoms. The van der Waals surface area contributed by atoms with E-state index in [1.54, 1.807) is 6.07 Å². The summed E-state index contributed by atoms with van der Waals surface area (Å²) >= 11 is 0. The van der Waals surface area contributed by atoms with Crippen molar-refractivity contribution in [3.8, 4) is 11.1 Å². The molecule has 1 N–H and O–H groups in total. The van der Waals surface area contributed by atoms with Crippen molar-refractivity contribution in [3.63, 3.8) is 0 Å². The van der Waals surface area contributed by atoms with Crippen LogP contribution in [0.4, 0.5) is 10.1 Å². The normalized spacial score (nSPS) is 13.5. The number of nitrogens with zero attached hydrogens (tertiary/aromatic N) is 2. The van der Waals surface area contributed by atoms with Crippen LogP contribution in [-0.4, -0.2) is 22.1 Å². The van der Waals surface area contributed by atoms with Crippen molar-refractivity contribution in [2.24, 2.45) is 10.9 Å². The molecule has 0 atom stereocenters. The maximum absolute atomic E-state index is 13.8. The quantitative estimate of drug-likeness (QED) is 0.0788. The number of benzene rings is 3. The summed E-state index contributed by atoms with van der Waals surface area (Å²) in [4.78, 5) is 30.3. The van der Waals surface area contributed by atoms with Crippen LogP contribution in [-0.2, 0) is 24.2 Å². The van der Waals surface area contributed by atoms with E-state index < -0.39 is 0 Å². The lowest BCUT2D eigenvalue weighted by atomic mass is 9.97. The molecule has 3 aromatic carbocycles. The van der Waals surface area contributed by atoms with Crippen LogP contribution in [0.2, 0.25) is 0 Å². The number of carbonyl (C=O) groups excluding carboxylic acids is 2. The molecule has 1 amide bonds. The molecule has 1 aliphatic carbocycles. The molecule has 1 aliphatic rings. The molecule has 1 saturated carbocycles. The van der Waals surface area contributed by atoms with E-state index in [-0.39, 0.29) is 23.4 Å². The Bertz CT molecular complexity index is 1680. The minimum atomic E-state index is -0.201. The zero-order chi connectivity index (χ0) is 30.5. The number of carbonyl (C=O) groups is 2. The van der Waals surface area contributed by atoms with E-state index in [2.05, 4.69) is 53.0 Å². The van der Waals surface area contributed by atoms with Crippen LogP contribution in [0, 0.1) is 18.7 Å². The molecule has 0 spiro atoms. The Labute approximate surface area is 254 Å². The molecule has 0 saturated heterocycles. The molecule has 0 aliphatic heterocycles. The number of amides is 1. The lowest BCUT2D eigenvalue weighted by Crippen LogP contribution is -2.29. The highest BCUT2D eigenvalue weighted by molar-refractivity contribution is 6.09. The summed E-state index contributed by atoms with van der Waals surface area (Å²) in [6.07, 6.45) is 8.65. The first-order valence-electron chi connectivity index (χ1n) is 15.7. The van der Waals surface area contributed by atoms with Crippen molar-refractivity contribution >= 4 is 34.1 Å². The maximum Gasteiger partial charge on any atom is 0.228 e. The molecule has 1 heterocycles. The van der Waals surface area contributed by atoms with E-state index in [1.165, 1.54) is 11.6 Å². The summed E-state index contributed by atoms with van der Waals surface area (Å²) in [5.41, 5.74) is 8.01. The number of fused-ring (bicyclic) bond motifs is 1. The maximum atomic E-state index is 13.8. The predicted octanol–water partition coefficient (Wildman–Crippen LogP) is 8.90. The number of aryl methyl sites for hydroxylation is 4. The summed E-state index contributed by atoms with van der Waals surface area (Å²) < 4.78 is 16.0. The van der Waals surface area contributed by atoms with Crippen LogP contribution in [0.5, 0.6) is 0 Å². The number of Topliss-reactive ketones (excluding diaryl/α,β-unsaturated/α-hetero) is 1. The summed E-state index contributed by atoms with van der Waals surface area (Å²) in [6, 6.07) is 17.5. The van der Waals surface area contributed by atoms with E-state index in [1.807, 2.05) is 38.2 Å². The lowest BCUT2D eigenvalue weighted by Gasteiger charge is -2.09. The largest absolute Gasteiger partial charge is 0.347 e. The van der Waals surface area contributed by atoms with Crippen LogP contribution >= 0.6 is 0 Å². The Balaban J connectivity index is 1.33. The SMILES string of the molecule is CCCn1cc(C(=O)CCCCc2cc(F)ccc2CC)c2cc(-c3ccc(/N=C(\C)NC(=O)C4CC4)c(C)c3)ccc21. The second-order valence-electron chi connectivity index (χ2n) is 11.8. The third kappa shape index (κ3) is 7.30. The number of amidine groups is 1. The molecule has 5 nitrogen and oxygen atoms in total. The number of aliphatic imine (C=N–C) groups is 1. The predicted molar refractivity (Wildman–Crippen MR) is 174 cm³/mol. The van der Waals surface area contributed by atoms with Gasteiger partial charge in [-0.2, -0.15) is 0 Å². The van der Waals surface area contributed by atoms with Crippen LogP contribution < -0.4 is 5.32 Å². The van der Waals surface area contributed by atoms with Gasteiger partial charge in [-0.3, -0.25) is 9.59 Å². The first kappa shape index (κ1) is 30.4. The Morgan fingerprint density at radius 1 is 0.977 bits per heavy atom. The fourth-order valence-electron chi connectivity index (χ4n) is 5.83. The van der Waals surface area contributed by atoms with E-state index in [0.717, 1.165) is 95.9 Å². The van der Waals surface area contributed by atoms with E-state index >= 15 is 0 Å². The van der Waals surface area contributed by atoms with E-state index in [4.69, 9.17) is 0 Å². The van der Waals surface area contributed by atoms with Gasteiger partial charge in [0.05, 0.1) is 5.69 Å². The molecule has 224 valence electrons. The van der Waals surface area contributed by atoms with Crippen LogP contribution in [0.25, 0.3) is 22.0 Å². The number of aromatic nitrogens is 1. The number of unbranched alkanes of at least 4 members (excludes halogenated alkanes) is 1. The highest BCUT2D eigenvalue weighted by atomic mass is 19.1. The molecule has 1 fully saturated rings. The second-order valence-corrected chi connectivity index (χ2v) is 11.8. The minimum absolute atomic E-state index is 0.0569. The van der Waals surface area contributed by atoms with Crippen molar-refractivity contribution in [2.75, 3.05) is 0 Å². The number of rotatable bonds is 12. The van der Waals surface area contributed by atoms with Crippen molar-refractivity contribution in [2.45, 2.75) is 85.6 Å². The van der Waals surface area contributed by atoms with Crippen molar-refractivity contribution in [1.82, 2.24) is 9.88 Å². The third-order valence-electron chi connectivity index (χ3n) is 8.37. The number of hydrogen-bond acceptors (Lipinski definition) is 3. The first-order chi connectivity index (χ1) is 20.8. The highest BCUT2D eigenvalue weighted by Crippen LogP contribution is 2.32. The molecule has 5 rings (SSSR count). The minimum Gasteiger partial charge on any atom is -0.347 e. The Hall–Kier alpha value is -4.06. The number of ketones is 1. The fraction of sp³-hybridized carbons (Fsp3) is 0.378. The van der Waals surface area contributed by atoms with Crippen molar-refractivity contribution in [3.05, 3.63) is 88.9 Å². The van der Waals surface area contributed by atoms with Gasteiger partial charge in [0.25, 0.3) is 0 Å². The fourth-order valence-corrected chi connectivity index (χ4v) is 5.83. The van der Waals surface area contributed by atoms with Gasteiger partial charge in [0, 0.05) is 41.5 Å². The van der Waals surface area contributed by atoms with E-state index in [0.29, 0.717) is 12.3 Å². The molecule has 4 aromatic rings. The molecule has 6 heteroatoms. The van der Waals surface area contributed by atoms with Gasteiger partial charge in [0.2, 0.25) is 5.91 Å². The van der Waals surface area contributed by atoms with Gasteiger partial charge in [-0.25, -0.2) is 9.38 Å². The Morgan fingerprint density at radius 3 is 2.47 bits per heavy atom. The van der Waals surface area contributed by atoms with Gasteiger partial charge >= 0.3 is 0 Å². The van der Waals surface area contributed by atoms with Crippen molar-refractivity contribution in [1.29, 1.82) is 0 Å². The van der Waals surface area contributed by atoms with Gasteiger partial charge in [-0.15, -0.1) is 0 Å². The lowest BCUT2D eigenvalue weighted by molar-refractivity contribution is -0.120. The monoisotopic (exact) mass is 579 g/mol. The summed E-state index contributed by atoms with van der Waals surface area (Å²) in [5.74, 6) is 0.754. The van der Waals surface area contributed by atoms with Crippen LogP contribution in [0.1, 0.15) is 86.3 Å². The number of nitrogens with one attached hydrogen (secondary N) is 1. The molecule has 1 aromatic heterocycles. The van der Waals surface area contributed by atoms with E-state index in [9.17, 15) is 14.0 Å². The van der Waals surface area contributed by atoms with Gasteiger partial charge in [-0.1, -0.05) is 32.0 Å². The topological polar surface area (TPSA) is 63.5 Å². The summed E-state index contributed by atoms with van der Waals surface area (Å²) in [7, 11) is 0. The van der Waals surface area contributed by atoms with Gasteiger partial charge in [0.15, 0.2) is 5.78 Å². The zero-order valence-corrected chi connectivity index (χ0v) is 25.8. The third-order valence-corrected chi connectivity index (χ3v) is 8.37. The Kier molecular flexibility index (Phi) is 9.54. The second kappa shape index (κ2) is 13.5. The van der Waals surface area contributed by atoms with Crippen LogP contribution in [0.3, 0.4) is 0 Å². The van der Waals surface area contributed by atoms with Gasteiger partial charge in [-0.05, 0) is 123 Å². The zero-order valence-electron chi connectivity index (χ0n) is 25.8. The smallest absolute Gasteiger partial charge is 0.228 e. The Morgan fingerprint density at radius 2 is 1.74 bits per heavy atom. The number of hydrogen-bond donors (Lipinski definition) is 1.